The van der Waals surface area contributed by atoms with Gasteiger partial charge in [-0.15, -0.1) is 0 Å². The van der Waals surface area contributed by atoms with Crippen LogP contribution in [0.5, 0.6) is 0 Å². The van der Waals surface area contributed by atoms with E-state index < -0.39 is 0 Å². The van der Waals surface area contributed by atoms with Gasteiger partial charge in [-0.25, -0.2) is 4.98 Å². The smallest absolute Gasteiger partial charge is 0.106 e. The van der Waals surface area contributed by atoms with Gasteiger partial charge in [0.15, 0.2) is 0 Å². The van der Waals surface area contributed by atoms with Gasteiger partial charge < -0.3 is 9.88 Å². The number of hydrogen-bond donors (Lipinski definition) is 1. The Morgan fingerprint density at radius 1 is 1.37 bits per heavy atom. The van der Waals surface area contributed by atoms with Crippen molar-refractivity contribution in [2.24, 2.45) is 0 Å². The summed E-state index contributed by atoms with van der Waals surface area (Å²) in [7, 11) is 0. The van der Waals surface area contributed by atoms with Crippen molar-refractivity contribution in [3.63, 3.8) is 0 Å². The van der Waals surface area contributed by atoms with Crippen LogP contribution in [0.25, 0.3) is 11.0 Å². The fraction of sp³-hybridized carbons (Fsp3) is 0.562. The maximum Gasteiger partial charge on any atom is 0.106 e. The molecule has 1 aromatic heterocycles. The van der Waals surface area contributed by atoms with Gasteiger partial charge in [0.2, 0.25) is 0 Å². The minimum absolute atomic E-state index is 0.129. The predicted octanol–water partition coefficient (Wildman–Crippen LogP) is 3.52. The maximum atomic E-state index is 4.73. The Balaban J connectivity index is 2.12. The summed E-state index contributed by atoms with van der Waals surface area (Å²) in [5.41, 5.74) is 3.87. The van der Waals surface area contributed by atoms with Crippen molar-refractivity contribution in [3.05, 3.63) is 29.6 Å². The second-order valence-electron chi connectivity index (χ2n) is 6.19. The van der Waals surface area contributed by atoms with Gasteiger partial charge in [0.1, 0.15) is 5.82 Å². The highest BCUT2D eigenvalue weighted by molar-refractivity contribution is 5.77. The summed E-state index contributed by atoms with van der Waals surface area (Å²) in [5.74, 6) is 1.10. The number of nitrogens with one attached hydrogen (secondary N) is 1. The minimum atomic E-state index is 0.129. The molecular weight excluding hydrogens is 234 g/mol. The zero-order chi connectivity index (χ0) is 13.6. The number of aromatic nitrogens is 2. The largest absolute Gasteiger partial charge is 0.326 e. The number of hydrogen-bond acceptors (Lipinski definition) is 2. The van der Waals surface area contributed by atoms with Crippen molar-refractivity contribution in [1.29, 1.82) is 0 Å². The van der Waals surface area contributed by atoms with Gasteiger partial charge in [0.05, 0.1) is 11.0 Å². The summed E-state index contributed by atoms with van der Waals surface area (Å²) in [6, 6.07) is 7.21. The van der Waals surface area contributed by atoms with E-state index in [4.69, 9.17) is 4.98 Å². The van der Waals surface area contributed by atoms with Crippen LogP contribution in [-0.4, -0.2) is 16.1 Å². The SMILES string of the molecule is Cc1nc2cc(C3(C)CCCN3)ccc2n1C(C)C. The Morgan fingerprint density at radius 2 is 2.16 bits per heavy atom. The molecule has 3 heteroatoms. The Labute approximate surface area is 115 Å². The Bertz CT molecular complexity index is 604. The molecule has 0 bridgehead atoms. The lowest BCUT2D eigenvalue weighted by molar-refractivity contribution is 0.435. The van der Waals surface area contributed by atoms with Crippen LogP contribution in [0.2, 0.25) is 0 Å². The molecule has 1 aliphatic heterocycles. The molecule has 1 saturated heterocycles. The molecule has 19 heavy (non-hydrogen) atoms. The lowest BCUT2D eigenvalue weighted by atomic mass is 9.90. The third kappa shape index (κ3) is 1.96. The molecule has 0 radical (unpaired) electrons. The van der Waals surface area contributed by atoms with Crippen LogP contribution in [0.3, 0.4) is 0 Å². The topological polar surface area (TPSA) is 29.9 Å². The monoisotopic (exact) mass is 257 g/mol. The Morgan fingerprint density at radius 3 is 2.79 bits per heavy atom. The van der Waals surface area contributed by atoms with Crippen molar-refractivity contribution in [2.75, 3.05) is 6.54 Å². The molecule has 1 unspecified atom stereocenters. The van der Waals surface area contributed by atoms with Crippen LogP contribution < -0.4 is 5.32 Å². The van der Waals surface area contributed by atoms with Gasteiger partial charge in [-0.1, -0.05) is 6.07 Å². The van der Waals surface area contributed by atoms with E-state index in [0.717, 1.165) is 17.9 Å². The molecule has 2 aromatic rings. The summed E-state index contributed by atoms with van der Waals surface area (Å²) >= 11 is 0. The molecule has 1 fully saturated rings. The summed E-state index contributed by atoms with van der Waals surface area (Å²) in [4.78, 5) is 4.73. The van der Waals surface area contributed by atoms with Crippen molar-refractivity contribution in [1.82, 2.24) is 14.9 Å². The molecule has 2 heterocycles. The lowest BCUT2D eigenvalue weighted by Gasteiger charge is -2.25. The summed E-state index contributed by atoms with van der Waals surface area (Å²) < 4.78 is 2.31. The molecule has 0 spiro atoms. The van der Waals surface area contributed by atoms with Crippen LogP contribution in [-0.2, 0) is 5.54 Å². The third-order valence-electron chi connectivity index (χ3n) is 4.39. The molecule has 0 saturated carbocycles. The van der Waals surface area contributed by atoms with E-state index in [2.05, 4.69) is 55.8 Å². The van der Waals surface area contributed by atoms with Gasteiger partial charge in [0.25, 0.3) is 0 Å². The fourth-order valence-electron chi connectivity index (χ4n) is 3.36. The highest BCUT2D eigenvalue weighted by atomic mass is 15.1. The second kappa shape index (κ2) is 4.34. The van der Waals surface area contributed by atoms with E-state index in [9.17, 15) is 0 Å². The average Bonchev–Trinajstić information content (AvgIpc) is 2.91. The van der Waals surface area contributed by atoms with Crippen molar-refractivity contribution < 1.29 is 0 Å². The van der Waals surface area contributed by atoms with E-state index in [1.54, 1.807) is 0 Å². The number of rotatable bonds is 2. The molecule has 0 aliphatic carbocycles. The van der Waals surface area contributed by atoms with E-state index in [1.807, 2.05) is 0 Å². The molecule has 3 rings (SSSR count). The first-order chi connectivity index (χ1) is 9.01. The fourth-order valence-corrected chi connectivity index (χ4v) is 3.36. The highest BCUT2D eigenvalue weighted by Crippen LogP contribution is 2.32. The van der Waals surface area contributed by atoms with Crippen LogP contribution in [0.1, 0.15) is 51.0 Å². The first-order valence-corrected chi connectivity index (χ1v) is 7.25. The normalized spacial score (nSPS) is 23.6. The first-order valence-electron chi connectivity index (χ1n) is 7.25. The van der Waals surface area contributed by atoms with Crippen LogP contribution >= 0.6 is 0 Å². The number of fused-ring (bicyclic) bond motifs is 1. The van der Waals surface area contributed by atoms with Gasteiger partial charge in [-0.05, 0) is 64.8 Å². The molecule has 1 atom stereocenters. The molecule has 102 valence electrons. The molecular formula is C16H23N3. The molecule has 3 nitrogen and oxygen atoms in total. The van der Waals surface area contributed by atoms with Crippen molar-refractivity contribution >= 4 is 11.0 Å². The Hall–Kier alpha value is -1.35. The van der Waals surface area contributed by atoms with Gasteiger partial charge in [-0.3, -0.25) is 0 Å². The average molecular weight is 257 g/mol. The Kier molecular flexibility index (Phi) is 2.90. The molecule has 1 N–H and O–H groups in total. The zero-order valence-corrected chi connectivity index (χ0v) is 12.3. The van der Waals surface area contributed by atoms with Crippen LogP contribution in [0, 0.1) is 6.92 Å². The highest BCUT2D eigenvalue weighted by Gasteiger charge is 2.30. The van der Waals surface area contributed by atoms with Crippen LogP contribution in [0.15, 0.2) is 18.2 Å². The van der Waals surface area contributed by atoms with Gasteiger partial charge in [-0.2, -0.15) is 0 Å². The quantitative estimate of drug-likeness (QED) is 0.892. The number of benzene rings is 1. The van der Waals surface area contributed by atoms with E-state index in [0.29, 0.717) is 6.04 Å². The second-order valence-corrected chi connectivity index (χ2v) is 6.19. The van der Waals surface area contributed by atoms with E-state index in [1.165, 1.54) is 23.9 Å². The first kappa shape index (κ1) is 12.7. The summed E-state index contributed by atoms with van der Waals surface area (Å²) in [6.07, 6.45) is 2.47. The van der Waals surface area contributed by atoms with E-state index in [-0.39, 0.29) is 5.54 Å². The number of aryl methyl sites for hydroxylation is 1. The lowest BCUT2D eigenvalue weighted by Crippen LogP contribution is -2.32. The standard InChI is InChI=1S/C16H23N3/c1-11(2)19-12(3)18-14-10-13(6-7-15(14)19)16(4)8-5-9-17-16/h6-7,10-11,17H,5,8-9H2,1-4H3. The van der Waals surface area contributed by atoms with Crippen molar-refractivity contribution in [3.8, 4) is 0 Å². The maximum absolute atomic E-state index is 4.73. The number of imidazole rings is 1. The molecule has 0 amide bonds. The summed E-state index contributed by atoms with van der Waals surface area (Å²) in [6.45, 7) is 9.93. The minimum Gasteiger partial charge on any atom is -0.326 e. The zero-order valence-electron chi connectivity index (χ0n) is 12.3. The van der Waals surface area contributed by atoms with E-state index >= 15 is 0 Å². The van der Waals surface area contributed by atoms with Crippen LogP contribution in [0.4, 0.5) is 0 Å². The molecule has 1 aliphatic rings. The van der Waals surface area contributed by atoms with Gasteiger partial charge >= 0.3 is 0 Å². The predicted molar refractivity (Wildman–Crippen MR) is 79.4 cm³/mol. The van der Waals surface area contributed by atoms with Crippen molar-refractivity contribution in [2.45, 2.75) is 52.1 Å². The number of nitrogens with zero attached hydrogens (tertiary/aromatic N) is 2. The summed E-state index contributed by atoms with van der Waals surface area (Å²) in [5, 5.41) is 3.62. The van der Waals surface area contributed by atoms with Gasteiger partial charge in [0, 0.05) is 11.6 Å². The molecule has 1 aromatic carbocycles. The third-order valence-corrected chi connectivity index (χ3v) is 4.39.